The zero-order valence-corrected chi connectivity index (χ0v) is 22.6. The van der Waals surface area contributed by atoms with Crippen molar-refractivity contribution in [2.75, 3.05) is 0 Å². The number of fused-ring (bicyclic) bond motifs is 5. The van der Waals surface area contributed by atoms with Gasteiger partial charge in [0.15, 0.2) is 0 Å². The summed E-state index contributed by atoms with van der Waals surface area (Å²) in [6, 6.07) is 8.54. The minimum absolute atomic E-state index is 0.0415. The molecule has 0 bridgehead atoms. The van der Waals surface area contributed by atoms with E-state index in [4.69, 9.17) is 9.47 Å². The number of aliphatic hydroxyl groups excluding tert-OH is 1. The number of hydrogen-bond donors (Lipinski definition) is 4. The summed E-state index contributed by atoms with van der Waals surface area (Å²) in [4.78, 5) is 25.3. The van der Waals surface area contributed by atoms with Gasteiger partial charge in [-0.15, -0.1) is 0 Å². The van der Waals surface area contributed by atoms with Gasteiger partial charge in [-0.1, -0.05) is 43.7 Å². The van der Waals surface area contributed by atoms with Crippen molar-refractivity contribution in [3.63, 3.8) is 0 Å². The molecule has 4 aliphatic rings. The third kappa shape index (κ3) is 3.49. The Hall–Kier alpha value is -2.26. The summed E-state index contributed by atoms with van der Waals surface area (Å²) in [5.74, 6) is -1.65. The molecule has 9 unspecified atom stereocenters. The van der Waals surface area contributed by atoms with Crippen molar-refractivity contribution in [3.05, 3.63) is 47.5 Å². The molecule has 4 aliphatic carbocycles. The smallest absolute Gasteiger partial charge is 0.338 e. The van der Waals surface area contributed by atoms with E-state index in [0.29, 0.717) is 24.8 Å². The predicted molar refractivity (Wildman–Crippen MR) is 138 cm³/mol. The van der Waals surface area contributed by atoms with Gasteiger partial charge in [0.05, 0.1) is 17.1 Å². The van der Waals surface area contributed by atoms with E-state index in [-0.39, 0.29) is 25.7 Å². The Morgan fingerprint density at radius 1 is 1.05 bits per heavy atom. The summed E-state index contributed by atoms with van der Waals surface area (Å²) >= 11 is 0. The first-order chi connectivity index (χ1) is 17.7. The van der Waals surface area contributed by atoms with Crippen LogP contribution in [0.3, 0.4) is 0 Å². The number of benzene rings is 1. The van der Waals surface area contributed by atoms with Crippen molar-refractivity contribution >= 4 is 11.9 Å². The molecular formula is C30H40O8. The van der Waals surface area contributed by atoms with E-state index >= 15 is 0 Å². The Labute approximate surface area is 223 Å². The van der Waals surface area contributed by atoms with E-state index in [9.17, 15) is 30.0 Å². The molecule has 0 radical (unpaired) electrons. The lowest BCUT2D eigenvalue weighted by Crippen LogP contribution is -2.78. The normalized spacial score (nSPS) is 44.6. The fourth-order valence-electron chi connectivity index (χ4n) is 8.61. The fourth-order valence-corrected chi connectivity index (χ4v) is 8.61. The Kier molecular flexibility index (Phi) is 6.38. The highest BCUT2D eigenvalue weighted by molar-refractivity contribution is 5.89. The standard InChI is InChI=1S/C30H40O8/c1-18(37-19(2)31)28(34)14-15-30(36)27(28,4)24(38-25(33)20-8-6-5-7-9-20)17-23-26(3)12-11-22(32)16-21(26)10-13-29(23,30)35/h5-10,18,22-24,32,34-36H,11-17H2,1-4H3. The van der Waals surface area contributed by atoms with Crippen molar-refractivity contribution < 1.29 is 39.5 Å². The molecule has 0 spiro atoms. The average molecular weight is 529 g/mol. The molecule has 208 valence electrons. The summed E-state index contributed by atoms with van der Waals surface area (Å²) in [5, 5.41) is 47.7. The molecule has 8 nitrogen and oxygen atoms in total. The van der Waals surface area contributed by atoms with Gasteiger partial charge in [0.2, 0.25) is 0 Å². The first kappa shape index (κ1) is 27.3. The van der Waals surface area contributed by atoms with Gasteiger partial charge < -0.3 is 29.9 Å². The third-order valence-corrected chi connectivity index (χ3v) is 10.9. The average Bonchev–Trinajstić information content (AvgIpc) is 3.10. The Balaban J connectivity index is 1.64. The lowest BCUT2D eigenvalue weighted by Gasteiger charge is -2.67. The van der Waals surface area contributed by atoms with Crippen LogP contribution in [0.2, 0.25) is 0 Å². The minimum Gasteiger partial charge on any atom is -0.460 e. The lowest BCUT2D eigenvalue weighted by molar-refractivity contribution is -0.324. The van der Waals surface area contributed by atoms with Crippen LogP contribution in [0.1, 0.15) is 83.0 Å². The first-order valence-electron chi connectivity index (χ1n) is 13.7. The van der Waals surface area contributed by atoms with Crippen LogP contribution in [-0.2, 0) is 14.3 Å². The summed E-state index contributed by atoms with van der Waals surface area (Å²) in [6.45, 7) is 6.55. The monoisotopic (exact) mass is 528 g/mol. The van der Waals surface area contributed by atoms with E-state index in [1.165, 1.54) is 6.92 Å². The molecule has 38 heavy (non-hydrogen) atoms. The molecule has 0 amide bonds. The summed E-state index contributed by atoms with van der Waals surface area (Å²) in [6.07, 6.45) is 1.61. The molecular weight excluding hydrogens is 488 g/mol. The van der Waals surface area contributed by atoms with Crippen LogP contribution in [0.15, 0.2) is 42.0 Å². The van der Waals surface area contributed by atoms with Crippen molar-refractivity contribution in [2.45, 2.75) is 108 Å². The van der Waals surface area contributed by atoms with Crippen LogP contribution in [0.5, 0.6) is 0 Å². The maximum atomic E-state index is 13.4. The highest BCUT2D eigenvalue weighted by atomic mass is 16.6. The van der Waals surface area contributed by atoms with Crippen molar-refractivity contribution in [2.24, 2.45) is 16.7 Å². The van der Waals surface area contributed by atoms with Gasteiger partial charge in [0.1, 0.15) is 29.0 Å². The maximum Gasteiger partial charge on any atom is 0.338 e. The lowest BCUT2D eigenvalue weighted by atomic mass is 9.42. The number of carbonyl (C=O) groups excluding carboxylic acids is 2. The molecule has 1 aromatic carbocycles. The van der Waals surface area contributed by atoms with Crippen LogP contribution in [0, 0.1) is 16.7 Å². The van der Waals surface area contributed by atoms with Crippen molar-refractivity contribution in [1.29, 1.82) is 0 Å². The molecule has 1 aromatic rings. The minimum atomic E-state index is -1.85. The van der Waals surface area contributed by atoms with Gasteiger partial charge >= 0.3 is 11.9 Å². The van der Waals surface area contributed by atoms with Crippen LogP contribution in [0.25, 0.3) is 0 Å². The van der Waals surface area contributed by atoms with E-state index in [1.807, 2.05) is 6.08 Å². The fraction of sp³-hybridized carbons (Fsp3) is 0.667. The number of esters is 2. The number of hydrogen-bond acceptors (Lipinski definition) is 8. The molecule has 3 fully saturated rings. The van der Waals surface area contributed by atoms with E-state index < -0.39 is 63.8 Å². The van der Waals surface area contributed by atoms with Gasteiger partial charge in [-0.2, -0.15) is 0 Å². The van der Waals surface area contributed by atoms with Crippen LogP contribution in [0.4, 0.5) is 0 Å². The Morgan fingerprint density at radius 2 is 1.74 bits per heavy atom. The molecule has 8 heteroatoms. The van der Waals surface area contributed by atoms with Gasteiger partial charge in [0.25, 0.3) is 0 Å². The summed E-state index contributed by atoms with van der Waals surface area (Å²) < 4.78 is 11.6. The number of carbonyl (C=O) groups is 2. The second-order valence-electron chi connectivity index (χ2n) is 12.5. The molecule has 4 N–H and O–H groups in total. The van der Waals surface area contributed by atoms with Gasteiger partial charge in [0, 0.05) is 12.8 Å². The molecule has 0 saturated heterocycles. The van der Waals surface area contributed by atoms with Gasteiger partial charge in [-0.3, -0.25) is 4.79 Å². The first-order valence-corrected chi connectivity index (χ1v) is 13.7. The second-order valence-corrected chi connectivity index (χ2v) is 12.5. The molecule has 0 aliphatic heterocycles. The van der Waals surface area contributed by atoms with Crippen LogP contribution in [-0.4, -0.2) is 67.5 Å². The van der Waals surface area contributed by atoms with E-state index in [1.54, 1.807) is 44.2 Å². The highest BCUT2D eigenvalue weighted by Crippen LogP contribution is 2.71. The largest absolute Gasteiger partial charge is 0.460 e. The summed E-state index contributed by atoms with van der Waals surface area (Å²) in [7, 11) is 0. The van der Waals surface area contributed by atoms with Crippen LogP contribution >= 0.6 is 0 Å². The third-order valence-electron chi connectivity index (χ3n) is 10.9. The zero-order valence-electron chi connectivity index (χ0n) is 22.6. The quantitative estimate of drug-likeness (QED) is 0.346. The Morgan fingerprint density at radius 3 is 2.39 bits per heavy atom. The van der Waals surface area contributed by atoms with Gasteiger partial charge in [-0.05, 0) is 69.4 Å². The van der Waals surface area contributed by atoms with Crippen LogP contribution < -0.4 is 0 Å². The number of ether oxygens (including phenoxy) is 2. The topological polar surface area (TPSA) is 134 Å². The number of aliphatic hydroxyl groups is 4. The molecule has 5 rings (SSSR count). The van der Waals surface area contributed by atoms with E-state index in [0.717, 1.165) is 5.57 Å². The molecule has 0 heterocycles. The molecule has 0 aromatic heterocycles. The molecule has 3 saturated carbocycles. The van der Waals surface area contributed by atoms with Gasteiger partial charge in [-0.25, -0.2) is 4.79 Å². The maximum absolute atomic E-state index is 13.4. The zero-order chi connectivity index (χ0) is 27.7. The SMILES string of the molecule is CC(=O)OC(C)C1(O)CCC2(O)C3(O)CC=C4CC(O)CCC4(C)C3CC(OC(=O)c3ccccc3)C12C. The van der Waals surface area contributed by atoms with Crippen molar-refractivity contribution in [1.82, 2.24) is 0 Å². The summed E-state index contributed by atoms with van der Waals surface area (Å²) in [5.41, 5.74) is -5.95. The highest BCUT2D eigenvalue weighted by Gasteiger charge is 2.81. The van der Waals surface area contributed by atoms with E-state index in [2.05, 4.69) is 6.92 Å². The number of rotatable bonds is 4. The second kappa shape index (κ2) is 8.88. The van der Waals surface area contributed by atoms with Crippen molar-refractivity contribution in [3.8, 4) is 0 Å². The predicted octanol–water partition coefficient (Wildman–Crippen LogP) is 3.06. The molecule has 9 atom stereocenters. The Bertz CT molecular complexity index is 1150.